The Labute approximate surface area is 115 Å². The highest BCUT2D eigenvalue weighted by molar-refractivity contribution is 5.98. The van der Waals surface area contributed by atoms with E-state index < -0.39 is 5.54 Å². The van der Waals surface area contributed by atoms with Gasteiger partial charge in [-0.1, -0.05) is 39.0 Å². The summed E-state index contributed by atoms with van der Waals surface area (Å²) in [7, 11) is 0. The van der Waals surface area contributed by atoms with E-state index in [0.29, 0.717) is 5.92 Å². The Hall–Kier alpha value is -1.35. The topological polar surface area (TPSA) is 55.1 Å². The first-order chi connectivity index (χ1) is 8.73. The number of anilines is 1. The second kappa shape index (κ2) is 4.64. The molecule has 3 N–H and O–H groups in total. The summed E-state index contributed by atoms with van der Waals surface area (Å²) in [4.78, 5) is 12.4. The molecule has 3 heteroatoms. The van der Waals surface area contributed by atoms with Gasteiger partial charge in [0, 0.05) is 5.69 Å². The Kier molecular flexibility index (Phi) is 3.43. The van der Waals surface area contributed by atoms with Crippen molar-refractivity contribution in [1.82, 2.24) is 0 Å². The number of carbonyl (C=O) groups is 1. The van der Waals surface area contributed by atoms with Crippen molar-refractivity contribution in [2.24, 2.45) is 11.7 Å². The SMILES string of the molecule is CC(C)(C)c1ccccc1NC(=O)C(C)(N)C1CC1. The molecule has 1 aromatic rings. The molecule has 0 aliphatic heterocycles. The predicted molar refractivity (Wildman–Crippen MR) is 79.1 cm³/mol. The molecule has 0 heterocycles. The van der Waals surface area contributed by atoms with Crippen molar-refractivity contribution in [3.05, 3.63) is 29.8 Å². The van der Waals surface area contributed by atoms with Crippen LogP contribution in [0.3, 0.4) is 0 Å². The summed E-state index contributed by atoms with van der Waals surface area (Å²) in [5.41, 5.74) is 7.40. The third-order valence-electron chi connectivity index (χ3n) is 3.90. The van der Waals surface area contributed by atoms with E-state index in [-0.39, 0.29) is 11.3 Å². The van der Waals surface area contributed by atoms with Crippen LogP contribution in [0.25, 0.3) is 0 Å². The van der Waals surface area contributed by atoms with Gasteiger partial charge in [0.1, 0.15) is 0 Å². The summed E-state index contributed by atoms with van der Waals surface area (Å²) in [6.07, 6.45) is 2.11. The Balaban J connectivity index is 2.22. The Bertz CT molecular complexity index is 482. The van der Waals surface area contributed by atoms with Crippen molar-refractivity contribution < 1.29 is 4.79 Å². The monoisotopic (exact) mass is 260 g/mol. The maximum Gasteiger partial charge on any atom is 0.244 e. The summed E-state index contributed by atoms with van der Waals surface area (Å²) < 4.78 is 0. The molecule has 2 rings (SSSR count). The van der Waals surface area contributed by atoms with Gasteiger partial charge in [0.05, 0.1) is 5.54 Å². The fourth-order valence-electron chi connectivity index (χ4n) is 2.37. The maximum absolute atomic E-state index is 12.4. The molecule has 1 aromatic carbocycles. The number of nitrogens with two attached hydrogens (primary N) is 1. The zero-order valence-electron chi connectivity index (χ0n) is 12.3. The molecule has 19 heavy (non-hydrogen) atoms. The van der Waals surface area contributed by atoms with Crippen LogP contribution in [-0.2, 0) is 10.2 Å². The van der Waals surface area contributed by atoms with Crippen molar-refractivity contribution in [2.45, 2.75) is 51.5 Å². The van der Waals surface area contributed by atoms with Crippen LogP contribution in [-0.4, -0.2) is 11.4 Å². The van der Waals surface area contributed by atoms with Gasteiger partial charge in [0.25, 0.3) is 0 Å². The van der Waals surface area contributed by atoms with Crippen LogP contribution < -0.4 is 11.1 Å². The minimum atomic E-state index is -0.759. The van der Waals surface area contributed by atoms with Crippen LogP contribution in [0.4, 0.5) is 5.69 Å². The molecule has 0 saturated heterocycles. The molecule has 0 spiro atoms. The summed E-state index contributed by atoms with van der Waals surface area (Å²) in [5, 5.41) is 3.01. The Morgan fingerprint density at radius 3 is 2.32 bits per heavy atom. The average Bonchev–Trinajstić information content (AvgIpc) is 3.12. The molecule has 0 aromatic heterocycles. The maximum atomic E-state index is 12.4. The zero-order valence-corrected chi connectivity index (χ0v) is 12.3. The predicted octanol–water partition coefficient (Wildman–Crippen LogP) is 3.05. The third kappa shape index (κ3) is 2.98. The van der Waals surface area contributed by atoms with E-state index >= 15 is 0 Å². The van der Waals surface area contributed by atoms with Crippen LogP contribution in [0.1, 0.15) is 46.1 Å². The number of rotatable bonds is 3. The fraction of sp³-hybridized carbons (Fsp3) is 0.562. The van der Waals surface area contributed by atoms with Crippen LogP contribution in [0.15, 0.2) is 24.3 Å². The van der Waals surface area contributed by atoms with E-state index in [1.807, 2.05) is 25.1 Å². The molecule has 104 valence electrons. The van der Waals surface area contributed by atoms with Gasteiger partial charge in [-0.25, -0.2) is 0 Å². The molecular weight excluding hydrogens is 236 g/mol. The van der Waals surface area contributed by atoms with Crippen LogP contribution in [0.2, 0.25) is 0 Å². The third-order valence-corrected chi connectivity index (χ3v) is 3.90. The summed E-state index contributed by atoms with van der Waals surface area (Å²) in [6, 6.07) is 7.94. The zero-order chi connectivity index (χ0) is 14.3. The first-order valence-electron chi connectivity index (χ1n) is 6.93. The van der Waals surface area contributed by atoms with Crippen molar-refractivity contribution in [2.75, 3.05) is 5.32 Å². The Morgan fingerprint density at radius 2 is 1.79 bits per heavy atom. The van der Waals surface area contributed by atoms with Gasteiger partial charge in [-0.05, 0) is 42.7 Å². The molecular formula is C16H24N2O. The number of hydrogen-bond acceptors (Lipinski definition) is 2. The van der Waals surface area contributed by atoms with Crippen molar-refractivity contribution in [3.8, 4) is 0 Å². The van der Waals surface area contributed by atoms with E-state index in [4.69, 9.17) is 5.73 Å². The lowest BCUT2D eigenvalue weighted by Gasteiger charge is -2.27. The second-order valence-corrected chi connectivity index (χ2v) is 6.81. The van der Waals surface area contributed by atoms with Gasteiger partial charge in [-0.3, -0.25) is 4.79 Å². The van der Waals surface area contributed by atoms with Crippen LogP contribution in [0, 0.1) is 5.92 Å². The summed E-state index contributed by atoms with van der Waals surface area (Å²) in [5.74, 6) is 0.251. The highest BCUT2D eigenvalue weighted by Crippen LogP contribution is 2.39. The highest BCUT2D eigenvalue weighted by Gasteiger charge is 2.44. The number of hydrogen-bond donors (Lipinski definition) is 2. The van der Waals surface area contributed by atoms with Crippen LogP contribution >= 0.6 is 0 Å². The van der Waals surface area contributed by atoms with Crippen molar-refractivity contribution in [1.29, 1.82) is 0 Å². The van der Waals surface area contributed by atoms with Gasteiger partial charge >= 0.3 is 0 Å². The van der Waals surface area contributed by atoms with E-state index in [0.717, 1.165) is 24.1 Å². The Morgan fingerprint density at radius 1 is 1.21 bits per heavy atom. The number of amides is 1. The van der Waals surface area contributed by atoms with Crippen molar-refractivity contribution in [3.63, 3.8) is 0 Å². The molecule has 1 fully saturated rings. The molecule has 0 radical (unpaired) electrons. The largest absolute Gasteiger partial charge is 0.324 e. The van der Waals surface area contributed by atoms with Gasteiger partial charge in [0.2, 0.25) is 5.91 Å². The molecule has 1 unspecified atom stereocenters. The van der Waals surface area contributed by atoms with E-state index in [2.05, 4.69) is 32.2 Å². The number of benzene rings is 1. The lowest BCUT2D eigenvalue weighted by atomic mass is 9.85. The minimum absolute atomic E-state index is 0.00550. The van der Waals surface area contributed by atoms with Crippen molar-refractivity contribution >= 4 is 11.6 Å². The molecule has 1 amide bonds. The van der Waals surface area contributed by atoms with Gasteiger partial charge in [-0.15, -0.1) is 0 Å². The van der Waals surface area contributed by atoms with Crippen LogP contribution in [0.5, 0.6) is 0 Å². The molecule has 3 nitrogen and oxygen atoms in total. The average molecular weight is 260 g/mol. The van der Waals surface area contributed by atoms with Gasteiger partial charge in [-0.2, -0.15) is 0 Å². The molecule has 1 atom stereocenters. The molecule has 0 bridgehead atoms. The van der Waals surface area contributed by atoms with E-state index in [9.17, 15) is 4.79 Å². The summed E-state index contributed by atoms with van der Waals surface area (Å²) >= 11 is 0. The lowest BCUT2D eigenvalue weighted by Crippen LogP contribution is -2.50. The highest BCUT2D eigenvalue weighted by atomic mass is 16.2. The second-order valence-electron chi connectivity index (χ2n) is 6.81. The van der Waals surface area contributed by atoms with E-state index in [1.54, 1.807) is 0 Å². The molecule has 1 aliphatic rings. The fourth-order valence-corrected chi connectivity index (χ4v) is 2.37. The standard InChI is InChI=1S/C16H24N2O/c1-15(2,3)12-7-5-6-8-13(12)18-14(19)16(4,17)11-9-10-11/h5-8,11H,9-10,17H2,1-4H3,(H,18,19). The quantitative estimate of drug-likeness (QED) is 0.877. The first-order valence-corrected chi connectivity index (χ1v) is 6.93. The molecule has 1 aliphatic carbocycles. The lowest BCUT2D eigenvalue weighted by molar-refractivity contribution is -0.121. The minimum Gasteiger partial charge on any atom is -0.324 e. The first kappa shape index (κ1) is 14.1. The van der Waals surface area contributed by atoms with Gasteiger partial charge < -0.3 is 11.1 Å². The molecule has 1 saturated carbocycles. The number of nitrogens with one attached hydrogen (secondary N) is 1. The normalized spacial score (nSPS) is 18.8. The van der Waals surface area contributed by atoms with Gasteiger partial charge in [0.15, 0.2) is 0 Å². The summed E-state index contributed by atoms with van der Waals surface area (Å²) in [6.45, 7) is 8.25. The number of carbonyl (C=O) groups excluding carboxylic acids is 1. The van der Waals surface area contributed by atoms with E-state index in [1.165, 1.54) is 0 Å². The number of para-hydroxylation sites is 1. The smallest absolute Gasteiger partial charge is 0.244 e.